The Morgan fingerprint density at radius 1 is 1.23 bits per heavy atom. The predicted molar refractivity (Wildman–Crippen MR) is 86.3 cm³/mol. The summed E-state index contributed by atoms with van der Waals surface area (Å²) >= 11 is 0. The van der Waals surface area contributed by atoms with Gasteiger partial charge in [0.25, 0.3) is 0 Å². The predicted octanol–water partition coefficient (Wildman–Crippen LogP) is 1.88. The molecule has 1 amide bonds. The van der Waals surface area contributed by atoms with Gasteiger partial charge in [-0.05, 0) is 37.2 Å². The lowest BCUT2D eigenvalue weighted by Gasteiger charge is -2.31. The van der Waals surface area contributed by atoms with Gasteiger partial charge in [-0.3, -0.25) is 9.69 Å². The Hall–Kier alpha value is -1.39. The highest BCUT2D eigenvalue weighted by Gasteiger charge is 2.36. The molecule has 1 aliphatic carbocycles. The van der Waals surface area contributed by atoms with Crippen LogP contribution in [0.2, 0.25) is 0 Å². The summed E-state index contributed by atoms with van der Waals surface area (Å²) in [4.78, 5) is 16.7. The molecule has 4 heteroatoms. The van der Waals surface area contributed by atoms with E-state index in [-0.39, 0.29) is 18.6 Å². The Labute approximate surface area is 132 Å². The third kappa shape index (κ3) is 3.87. The van der Waals surface area contributed by atoms with Gasteiger partial charge in [0.1, 0.15) is 0 Å². The number of benzene rings is 1. The van der Waals surface area contributed by atoms with Crippen molar-refractivity contribution < 1.29 is 9.90 Å². The fraction of sp³-hybridized carbons (Fsp3) is 0.611. The van der Waals surface area contributed by atoms with Gasteiger partial charge in [-0.25, -0.2) is 0 Å². The van der Waals surface area contributed by atoms with Crippen LogP contribution in [0.3, 0.4) is 0 Å². The molecule has 0 radical (unpaired) electrons. The molecule has 1 aromatic carbocycles. The average molecular weight is 302 g/mol. The van der Waals surface area contributed by atoms with E-state index in [0.717, 1.165) is 32.5 Å². The van der Waals surface area contributed by atoms with Crippen LogP contribution in [0.25, 0.3) is 0 Å². The van der Waals surface area contributed by atoms with Crippen molar-refractivity contribution in [3.8, 4) is 0 Å². The molecule has 1 aromatic rings. The molecule has 2 aliphatic rings. The Morgan fingerprint density at radius 2 is 1.91 bits per heavy atom. The van der Waals surface area contributed by atoms with Crippen LogP contribution in [0, 0.1) is 5.92 Å². The third-order valence-electron chi connectivity index (χ3n) is 4.85. The van der Waals surface area contributed by atoms with Crippen molar-refractivity contribution in [1.29, 1.82) is 0 Å². The SMILES string of the molecule is O=C(CN(Cc1ccccc1)C(CO)C1CC1)N1CCCC1. The van der Waals surface area contributed by atoms with E-state index in [4.69, 9.17) is 0 Å². The number of nitrogens with zero attached hydrogens (tertiary/aromatic N) is 2. The quantitative estimate of drug-likeness (QED) is 0.836. The van der Waals surface area contributed by atoms with Crippen molar-refractivity contribution in [2.75, 3.05) is 26.2 Å². The van der Waals surface area contributed by atoms with E-state index in [1.807, 2.05) is 23.1 Å². The number of carbonyl (C=O) groups excluding carboxylic acids is 1. The molecule has 1 saturated carbocycles. The Kier molecular flexibility index (Phi) is 5.11. The number of amides is 1. The second-order valence-corrected chi connectivity index (χ2v) is 6.57. The summed E-state index contributed by atoms with van der Waals surface area (Å²) in [7, 11) is 0. The molecule has 120 valence electrons. The summed E-state index contributed by atoms with van der Waals surface area (Å²) in [5.41, 5.74) is 1.20. The monoisotopic (exact) mass is 302 g/mol. The van der Waals surface area contributed by atoms with E-state index in [1.165, 1.54) is 18.4 Å². The highest BCUT2D eigenvalue weighted by Crippen LogP contribution is 2.35. The third-order valence-corrected chi connectivity index (χ3v) is 4.85. The van der Waals surface area contributed by atoms with Gasteiger partial charge in [0, 0.05) is 25.7 Å². The molecule has 1 heterocycles. The lowest BCUT2D eigenvalue weighted by Crippen LogP contribution is -2.46. The highest BCUT2D eigenvalue weighted by molar-refractivity contribution is 5.78. The molecule has 4 nitrogen and oxygen atoms in total. The summed E-state index contributed by atoms with van der Waals surface area (Å²) in [6.45, 7) is 3.10. The minimum absolute atomic E-state index is 0.117. The number of aliphatic hydroxyl groups excluding tert-OH is 1. The Bertz CT molecular complexity index is 481. The minimum atomic E-state index is 0.117. The maximum absolute atomic E-state index is 12.5. The molecule has 1 unspecified atom stereocenters. The number of aliphatic hydroxyl groups is 1. The summed E-state index contributed by atoms with van der Waals surface area (Å²) in [6, 6.07) is 10.4. The van der Waals surface area contributed by atoms with Gasteiger partial charge in [0.2, 0.25) is 5.91 Å². The summed E-state index contributed by atoms with van der Waals surface area (Å²) in [6.07, 6.45) is 4.59. The second-order valence-electron chi connectivity index (χ2n) is 6.57. The van der Waals surface area contributed by atoms with Gasteiger partial charge < -0.3 is 10.0 Å². The molecule has 22 heavy (non-hydrogen) atoms. The van der Waals surface area contributed by atoms with Crippen molar-refractivity contribution in [3.05, 3.63) is 35.9 Å². The van der Waals surface area contributed by atoms with E-state index >= 15 is 0 Å². The van der Waals surface area contributed by atoms with Gasteiger partial charge in [-0.1, -0.05) is 30.3 Å². The van der Waals surface area contributed by atoms with Crippen molar-refractivity contribution in [2.45, 2.75) is 38.3 Å². The van der Waals surface area contributed by atoms with E-state index in [1.54, 1.807) is 0 Å². The van der Waals surface area contributed by atoms with Gasteiger partial charge in [-0.15, -0.1) is 0 Å². The van der Waals surface area contributed by atoms with E-state index in [9.17, 15) is 9.90 Å². The van der Waals surface area contributed by atoms with Crippen LogP contribution in [-0.2, 0) is 11.3 Å². The molecule has 0 bridgehead atoms. The first-order valence-electron chi connectivity index (χ1n) is 8.44. The zero-order valence-corrected chi connectivity index (χ0v) is 13.2. The smallest absolute Gasteiger partial charge is 0.236 e. The molecule has 1 atom stereocenters. The van der Waals surface area contributed by atoms with Gasteiger partial charge in [-0.2, -0.15) is 0 Å². The van der Waals surface area contributed by atoms with Crippen molar-refractivity contribution in [1.82, 2.24) is 9.80 Å². The highest BCUT2D eigenvalue weighted by atomic mass is 16.3. The van der Waals surface area contributed by atoms with E-state index < -0.39 is 0 Å². The normalized spacial score (nSPS) is 19.6. The molecule has 0 aromatic heterocycles. The average Bonchev–Trinajstić information content (AvgIpc) is 3.21. The van der Waals surface area contributed by atoms with Crippen LogP contribution >= 0.6 is 0 Å². The number of hydrogen-bond acceptors (Lipinski definition) is 3. The van der Waals surface area contributed by atoms with Gasteiger partial charge >= 0.3 is 0 Å². The Balaban J connectivity index is 1.68. The van der Waals surface area contributed by atoms with E-state index in [2.05, 4.69) is 17.0 Å². The van der Waals surface area contributed by atoms with Gasteiger partial charge in [0.05, 0.1) is 13.2 Å². The van der Waals surface area contributed by atoms with Crippen LogP contribution in [0.4, 0.5) is 0 Å². The second kappa shape index (κ2) is 7.25. The fourth-order valence-electron chi connectivity index (χ4n) is 3.39. The molecule has 2 fully saturated rings. The minimum Gasteiger partial charge on any atom is -0.395 e. The zero-order valence-electron chi connectivity index (χ0n) is 13.2. The summed E-state index contributed by atoms with van der Waals surface area (Å²) in [5.74, 6) is 0.771. The summed E-state index contributed by atoms with van der Waals surface area (Å²) < 4.78 is 0. The molecule has 3 rings (SSSR count). The topological polar surface area (TPSA) is 43.8 Å². The molecule has 1 saturated heterocycles. The molecule has 0 spiro atoms. The molecular weight excluding hydrogens is 276 g/mol. The standard InChI is InChI=1S/C18H26N2O2/c21-14-17(16-8-9-16)20(12-15-6-2-1-3-7-15)13-18(22)19-10-4-5-11-19/h1-3,6-7,16-17,21H,4-5,8-14H2. The van der Waals surface area contributed by atoms with Gasteiger partial charge in [0.15, 0.2) is 0 Å². The van der Waals surface area contributed by atoms with Crippen LogP contribution < -0.4 is 0 Å². The first-order valence-corrected chi connectivity index (χ1v) is 8.44. The maximum Gasteiger partial charge on any atom is 0.236 e. The number of rotatable bonds is 7. The van der Waals surface area contributed by atoms with Crippen molar-refractivity contribution in [2.24, 2.45) is 5.92 Å². The number of carbonyl (C=O) groups is 1. The molecular formula is C18H26N2O2. The lowest BCUT2D eigenvalue weighted by molar-refractivity contribution is -0.132. The van der Waals surface area contributed by atoms with Crippen LogP contribution in [-0.4, -0.2) is 53.1 Å². The van der Waals surface area contributed by atoms with E-state index in [0.29, 0.717) is 12.5 Å². The lowest BCUT2D eigenvalue weighted by atomic mass is 10.1. The molecule has 1 N–H and O–H groups in total. The molecule has 1 aliphatic heterocycles. The first kappa shape index (κ1) is 15.5. The largest absolute Gasteiger partial charge is 0.395 e. The van der Waals surface area contributed by atoms with Crippen LogP contribution in [0.15, 0.2) is 30.3 Å². The number of likely N-dealkylation sites (tertiary alicyclic amines) is 1. The first-order chi connectivity index (χ1) is 10.8. The number of hydrogen-bond donors (Lipinski definition) is 1. The summed E-state index contributed by atoms with van der Waals surface area (Å²) in [5, 5.41) is 9.80. The Morgan fingerprint density at radius 3 is 2.50 bits per heavy atom. The van der Waals surface area contributed by atoms with Crippen molar-refractivity contribution >= 4 is 5.91 Å². The van der Waals surface area contributed by atoms with Crippen molar-refractivity contribution in [3.63, 3.8) is 0 Å². The van der Waals surface area contributed by atoms with Crippen LogP contribution in [0.5, 0.6) is 0 Å². The maximum atomic E-state index is 12.5. The zero-order chi connectivity index (χ0) is 15.4. The fourth-order valence-corrected chi connectivity index (χ4v) is 3.39. The van der Waals surface area contributed by atoms with Crippen LogP contribution in [0.1, 0.15) is 31.2 Å².